The molecule has 4 heteroatoms. The molecule has 0 heterocycles. The molecule has 0 aromatic heterocycles. The van der Waals surface area contributed by atoms with Gasteiger partial charge in [0.25, 0.3) is 0 Å². The molecule has 1 aliphatic carbocycles. The SMILES string of the molecule is CCN(CC)CC(NC1CC1)(C(N)=O)c1ccccc1. The Kier molecular flexibility index (Phi) is 4.78. The first kappa shape index (κ1) is 15.0. The molecule has 1 atom stereocenters. The quantitative estimate of drug-likeness (QED) is 0.755. The number of amides is 1. The minimum Gasteiger partial charge on any atom is -0.368 e. The summed E-state index contributed by atoms with van der Waals surface area (Å²) in [7, 11) is 0. The van der Waals surface area contributed by atoms with Crippen LogP contribution in [0.2, 0.25) is 0 Å². The second-order valence-corrected chi connectivity index (χ2v) is 5.52. The van der Waals surface area contributed by atoms with Crippen molar-refractivity contribution in [1.82, 2.24) is 10.2 Å². The molecule has 0 radical (unpaired) electrons. The van der Waals surface area contributed by atoms with Crippen LogP contribution in [0.25, 0.3) is 0 Å². The number of hydrogen-bond donors (Lipinski definition) is 2. The maximum Gasteiger partial charge on any atom is 0.243 e. The lowest BCUT2D eigenvalue weighted by molar-refractivity contribution is -0.125. The molecule has 1 unspecified atom stereocenters. The minimum absolute atomic E-state index is 0.289. The molecule has 4 nitrogen and oxygen atoms in total. The van der Waals surface area contributed by atoms with Gasteiger partial charge in [-0.1, -0.05) is 44.2 Å². The van der Waals surface area contributed by atoms with E-state index in [4.69, 9.17) is 5.73 Å². The third-order valence-corrected chi connectivity index (χ3v) is 4.07. The van der Waals surface area contributed by atoms with E-state index in [0.717, 1.165) is 31.5 Å². The fourth-order valence-corrected chi connectivity index (χ4v) is 2.59. The zero-order valence-corrected chi connectivity index (χ0v) is 12.4. The number of nitrogens with one attached hydrogen (secondary N) is 1. The van der Waals surface area contributed by atoms with E-state index in [0.29, 0.717) is 12.6 Å². The van der Waals surface area contributed by atoms with Crippen LogP contribution in [-0.4, -0.2) is 36.5 Å². The Balaban J connectivity index is 2.35. The zero-order valence-electron chi connectivity index (χ0n) is 12.4. The molecule has 3 N–H and O–H groups in total. The van der Waals surface area contributed by atoms with Crippen LogP contribution >= 0.6 is 0 Å². The average Bonchev–Trinajstić information content (AvgIpc) is 3.28. The number of benzene rings is 1. The summed E-state index contributed by atoms with van der Waals surface area (Å²) in [6.45, 7) is 6.65. The molecule has 1 aliphatic rings. The lowest BCUT2D eigenvalue weighted by Crippen LogP contribution is -2.59. The number of carbonyl (C=O) groups excluding carboxylic acids is 1. The van der Waals surface area contributed by atoms with Gasteiger partial charge in [-0.2, -0.15) is 0 Å². The number of primary amides is 1. The predicted molar refractivity (Wildman–Crippen MR) is 81.3 cm³/mol. The van der Waals surface area contributed by atoms with E-state index in [1.165, 1.54) is 0 Å². The van der Waals surface area contributed by atoms with Gasteiger partial charge in [0, 0.05) is 12.6 Å². The Bertz CT molecular complexity index is 440. The van der Waals surface area contributed by atoms with Crippen LogP contribution in [0.4, 0.5) is 0 Å². The Morgan fingerprint density at radius 2 is 1.90 bits per heavy atom. The second-order valence-electron chi connectivity index (χ2n) is 5.52. The van der Waals surface area contributed by atoms with Gasteiger partial charge in [-0.05, 0) is 31.5 Å². The maximum absolute atomic E-state index is 12.3. The fourth-order valence-electron chi connectivity index (χ4n) is 2.59. The van der Waals surface area contributed by atoms with Crippen molar-refractivity contribution in [2.24, 2.45) is 5.73 Å². The van der Waals surface area contributed by atoms with Gasteiger partial charge in [-0.25, -0.2) is 0 Å². The summed E-state index contributed by atoms with van der Waals surface area (Å²) in [5, 5.41) is 3.50. The smallest absolute Gasteiger partial charge is 0.243 e. The number of nitrogens with two attached hydrogens (primary N) is 1. The summed E-state index contributed by atoms with van der Waals surface area (Å²) >= 11 is 0. The van der Waals surface area contributed by atoms with Gasteiger partial charge < -0.3 is 10.6 Å². The zero-order chi connectivity index (χ0) is 14.6. The molecule has 0 spiro atoms. The van der Waals surface area contributed by atoms with Crippen molar-refractivity contribution in [3.05, 3.63) is 35.9 Å². The van der Waals surface area contributed by atoms with Gasteiger partial charge in [-0.15, -0.1) is 0 Å². The Labute approximate surface area is 121 Å². The van der Waals surface area contributed by atoms with Gasteiger partial charge in [0.2, 0.25) is 5.91 Å². The second kappa shape index (κ2) is 6.37. The molecule has 1 aromatic carbocycles. The van der Waals surface area contributed by atoms with E-state index < -0.39 is 5.54 Å². The van der Waals surface area contributed by atoms with Crippen molar-refractivity contribution in [1.29, 1.82) is 0 Å². The van der Waals surface area contributed by atoms with Crippen LogP contribution in [0, 0.1) is 0 Å². The van der Waals surface area contributed by atoms with Crippen LogP contribution < -0.4 is 11.1 Å². The van der Waals surface area contributed by atoms with Crippen molar-refractivity contribution in [3.8, 4) is 0 Å². The van der Waals surface area contributed by atoms with Crippen LogP contribution in [0.3, 0.4) is 0 Å². The van der Waals surface area contributed by atoms with E-state index in [9.17, 15) is 4.79 Å². The molecule has 1 aromatic rings. The van der Waals surface area contributed by atoms with Gasteiger partial charge in [0.15, 0.2) is 0 Å². The summed E-state index contributed by atoms with van der Waals surface area (Å²) < 4.78 is 0. The third-order valence-electron chi connectivity index (χ3n) is 4.07. The van der Waals surface area contributed by atoms with Crippen molar-refractivity contribution in [2.75, 3.05) is 19.6 Å². The molecule has 1 fully saturated rings. The van der Waals surface area contributed by atoms with Gasteiger partial charge >= 0.3 is 0 Å². The normalized spacial score (nSPS) is 17.9. The molecule has 20 heavy (non-hydrogen) atoms. The van der Waals surface area contributed by atoms with Gasteiger partial charge in [0.1, 0.15) is 5.54 Å². The topological polar surface area (TPSA) is 58.4 Å². The number of rotatable bonds is 8. The van der Waals surface area contributed by atoms with Crippen molar-refractivity contribution in [3.63, 3.8) is 0 Å². The Morgan fingerprint density at radius 1 is 1.30 bits per heavy atom. The lowest BCUT2D eigenvalue weighted by atomic mass is 9.88. The van der Waals surface area contributed by atoms with Crippen LogP contribution in [0.1, 0.15) is 32.3 Å². The van der Waals surface area contributed by atoms with E-state index in [2.05, 4.69) is 24.1 Å². The first-order valence-electron chi connectivity index (χ1n) is 7.48. The number of hydrogen-bond acceptors (Lipinski definition) is 3. The average molecular weight is 275 g/mol. The molecular weight excluding hydrogens is 250 g/mol. The summed E-state index contributed by atoms with van der Waals surface area (Å²) in [4.78, 5) is 14.5. The molecule has 110 valence electrons. The molecule has 0 saturated heterocycles. The number of nitrogens with zero attached hydrogens (tertiary/aromatic N) is 1. The highest BCUT2D eigenvalue weighted by Gasteiger charge is 2.43. The summed E-state index contributed by atoms with van der Waals surface area (Å²) in [5.74, 6) is -0.289. The Morgan fingerprint density at radius 3 is 2.35 bits per heavy atom. The highest BCUT2D eigenvalue weighted by Crippen LogP contribution is 2.29. The molecule has 2 rings (SSSR count). The van der Waals surface area contributed by atoms with Gasteiger partial charge in [0.05, 0.1) is 0 Å². The molecule has 0 bridgehead atoms. The first-order chi connectivity index (χ1) is 9.62. The highest BCUT2D eigenvalue weighted by molar-refractivity contribution is 5.86. The monoisotopic (exact) mass is 275 g/mol. The van der Waals surface area contributed by atoms with Crippen molar-refractivity contribution in [2.45, 2.75) is 38.3 Å². The van der Waals surface area contributed by atoms with Crippen LogP contribution in [0.5, 0.6) is 0 Å². The van der Waals surface area contributed by atoms with Crippen LogP contribution in [-0.2, 0) is 10.3 Å². The molecule has 1 saturated carbocycles. The summed E-state index contributed by atoms with van der Waals surface area (Å²) in [5.41, 5.74) is 5.99. The van der Waals surface area contributed by atoms with E-state index in [-0.39, 0.29) is 5.91 Å². The predicted octanol–water partition coefficient (Wildman–Crippen LogP) is 1.46. The van der Waals surface area contributed by atoms with E-state index in [1.54, 1.807) is 0 Å². The van der Waals surface area contributed by atoms with E-state index >= 15 is 0 Å². The molecule has 0 aliphatic heterocycles. The van der Waals surface area contributed by atoms with Crippen LogP contribution in [0.15, 0.2) is 30.3 Å². The molecule has 1 amide bonds. The highest BCUT2D eigenvalue weighted by atomic mass is 16.1. The standard InChI is InChI=1S/C16H25N3O/c1-3-19(4-2)12-16(15(17)20,18-14-10-11-14)13-8-6-5-7-9-13/h5-9,14,18H,3-4,10-12H2,1-2H3,(H2,17,20). The van der Waals surface area contributed by atoms with E-state index in [1.807, 2.05) is 30.3 Å². The lowest BCUT2D eigenvalue weighted by Gasteiger charge is -2.37. The van der Waals surface area contributed by atoms with Gasteiger partial charge in [-0.3, -0.25) is 10.1 Å². The largest absolute Gasteiger partial charge is 0.368 e. The fraction of sp³-hybridized carbons (Fsp3) is 0.562. The third kappa shape index (κ3) is 3.19. The summed E-state index contributed by atoms with van der Waals surface area (Å²) in [6.07, 6.45) is 2.25. The number of carbonyl (C=O) groups is 1. The summed E-state index contributed by atoms with van der Waals surface area (Å²) in [6, 6.07) is 10.3. The minimum atomic E-state index is -0.783. The first-order valence-corrected chi connectivity index (χ1v) is 7.48. The maximum atomic E-state index is 12.3. The number of likely N-dealkylation sites (N-methyl/N-ethyl adjacent to an activating group) is 1. The van der Waals surface area contributed by atoms with Crippen molar-refractivity contribution >= 4 is 5.91 Å². The van der Waals surface area contributed by atoms with Crippen molar-refractivity contribution < 1.29 is 4.79 Å². The molecular formula is C16H25N3O. The Hall–Kier alpha value is -1.39.